The average Bonchev–Trinajstić information content (AvgIpc) is 2.39. The highest BCUT2D eigenvalue weighted by Gasteiger charge is 2.14. The molecule has 0 radical (unpaired) electrons. The monoisotopic (exact) mass is 249 g/mol. The van der Waals surface area contributed by atoms with Crippen LogP contribution in [0.15, 0.2) is 48.5 Å². The Hall–Kier alpha value is -2.10. The molecule has 4 heteroatoms. The first-order chi connectivity index (χ1) is 8.59. The number of benzene rings is 2. The zero-order chi connectivity index (χ0) is 13.1. The van der Waals surface area contributed by atoms with Crippen LogP contribution in [0.2, 0.25) is 0 Å². The van der Waals surface area contributed by atoms with Crippen LogP contribution >= 0.6 is 0 Å². The van der Waals surface area contributed by atoms with Gasteiger partial charge in [-0.1, -0.05) is 18.2 Å². The molecule has 0 aromatic heterocycles. The third-order valence-electron chi connectivity index (χ3n) is 2.78. The van der Waals surface area contributed by atoms with Crippen molar-refractivity contribution < 1.29 is 13.9 Å². The highest BCUT2D eigenvalue weighted by atomic mass is 19.3. The normalized spacial score (nSPS) is 10.7. The molecule has 0 heterocycles. The maximum Gasteiger partial charge on any atom is 0.267 e. The molecule has 0 atom stereocenters. The second-order valence-electron chi connectivity index (χ2n) is 3.94. The van der Waals surface area contributed by atoms with Gasteiger partial charge in [-0.2, -0.15) is 0 Å². The Balaban J connectivity index is 2.37. The fraction of sp³-hybridized carbons (Fsp3) is 0.143. The first-order valence-electron chi connectivity index (χ1n) is 5.49. The highest BCUT2D eigenvalue weighted by molar-refractivity contribution is 5.64. The summed E-state index contributed by atoms with van der Waals surface area (Å²) in [6.45, 7) is 0. The van der Waals surface area contributed by atoms with E-state index in [4.69, 9.17) is 0 Å². The number of rotatable bonds is 3. The van der Waals surface area contributed by atoms with Crippen LogP contribution in [-0.4, -0.2) is 12.2 Å². The summed E-state index contributed by atoms with van der Waals surface area (Å²) in [6, 6.07) is 13.6. The predicted molar refractivity (Wildman–Crippen MR) is 67.6 cm³/mol. The first-order valence-corrected chi connectivity index (χ1v) is 5.49. The van der Waals surface area contributed by atoms with E-state index in [0.29, 0.717) is 5.69 Å². The van der Waals surface area contributed by atoms with Gasteiger partial charge in [0.25, 0.3) is 6.43 Å². The van der Waals surface area contributed by atoms with Crippen molar-refractivity contribution in [3.05, 3.63) is 54.1 Å². The molecule has 0 spiro atoms. The third-order valence-corrected chi connectivity index (χ3v) is 2.78. The molecule has 2 nitrogen and oxygen atoms in total. The summed E-state index contributed by atoms with van der Waals surface area (Å²) in [7, 11) is 1.79. The lowest BCUT2D eigenvalue weighted by atomic mass is 10.1. The van der Waals surface area contributed by atoms with E-state index >= 15 is 0 Å². The number of phenolic OH excluding ortho intramolecular Hbond substituents is 1. The third kappa shape index (κ3) is 2.42. The minimum Gasteiger partial charge on any atom is -0.507 e. The fourth-order valence-corrected chi connectivity index (χ4v) is 1.73. The van der Waals surface area contributed by atoms with Gasteiger partial charge in [-0.3, -0.25) is 0 Å². The van der Waals surface area contributed by atoms with Crippen molar-refractivity contribution in [2.24, 2.45) is 0 Å². The quantitative estimate of drug-likeness (QED) is 0.885. The number of nitrogens with zero attached hydrogens (tertiary/aromatic N) is 1. The number of para-hydroxylation sites is 1. The standard InChI is InChI=1S/C14H13F2NO/c1-17(10-5-3-2-4-6-10)11-7-8-13(18)12(9-11)14(15)16/h2-9,14,18H,1H3. The Morgan fingerprint density at radius 2 is 1.67 bits per heavy atom. The SMILES string of the molecule is CN(c1ccccc1)c1ccc(O)c(C(F)F)c1. The molecule has 0 bridgehead atoms. The van der Waals surface area contributed by atoms with Crippen molar-refractivity contribution in [1.82, 2.24) is 0 Å². The van der Waals surface area contributed by atoms with E-state index in [0.717, 1.165) is 5.69 Å². The molecule has 0 saturated heterocycles. The molecule has 0 unspecified atom stereocenters. The van der Waals surface area contributed by atoms with Gasteiger partial charge < -0.3 is 10.0 Å². The Bertz CT molecular complexity index is 529. The molecule has 2 aromatic rings. The van der Waals surface area contributed by atoms with Crippen molar-refractivity contribution in [2.45, 2.75) is 6.43 Å². The molecule has 2 aromatic carbocycles. The minimum atomic E-state index is -2.69. The first kappa shape index (κ1) is 12.4. The lowest BCUT2D eigenvalue weighted by molar-refractivity contribution is 0.147. The summed E-state index contributed by atoms with van der Waals surface area (Å²) >= 11 is 0. The summed E-state index contributed by atoms with van der Waals surface area (Å²) in [4.78, 5) is 1.78. The summed E-state index contributed by atoms with van der Waals surface area (Å²) in [5.41, 5.74) is 1.15. The topological polar surface area (TPSA) is 23.5 Å². The van der Waals surface area contributed by atoms with Gasteiger partial charge in [0.1, 0.15) is 5.75 Å². The number of hydrogen-bond acceptors (Lipinski definition) is 2. The van der Waals surface area contributed by atoms with E-state index in [1.54, 1.807) is 18.0 Å². The Labute approximate surface area is 104 Å². The van der Waals surface area contributed by atoms with Crippen LogP contribution in [-0.2, 0) is 0 Å². The Morgan fingerprint density at radius 3 is 2.28 bits per heavy atom. The van der Waals surface area contributed by atoms with Gasteiger partial charge in [-0.25, -0.2) is 8.78 Å². The highest BCUT2D eigenvalue weighted by Crippen LogP contribution is 2.33. The number of phenols is 1. The maximum absolute atomic E-state index is 12.7. The van der Waals surface area contributed by atoms with Gasteiger partial charge in [0, 0.05) is 18.4 Å². The average molecular weight is 249 g/mol. The zero-order valence-corrected chi connectivity index (χ0v) is 9.85. The van der Waals surface area contributed by atoms with E-state index in [-0.39, 0.29) is 11.3 Å². The predicted octanol–water partition coefficient (Wildman–Crippen LogP) is 4.10. The Morgan fingerprint density at radius 1 is 1.00 bits per heavy atom. The summed E-state index contributed by atoms with van der Waals surface area (Å²) in [5, 5.41) is 9.36. The van der Waals surface area contributed by atoms with E-state index < -0.39 is 6.43 Å². The van der Waals surface area contributed by atoms with Crippen molar-refractivity contribution >= 4 is 11.4 Å². The van der Waals surface area contributed by atoms with Crippen LogP contribution in [0, 0.1) is 0 Å². The van der Waals surface area contributed by atoms with E-state index in [1.165, 1.54) is 12.1 Å². The van der Waals surface area contributed by atoms with E-state index in [2.05, 4.69) is 0 Å². The molecule has 18 heavy (non-hydrogen) atoms. The smallest absolute Gasteiger partial charge is 0.267 e. The van der Waals surface area contributed by atoms with E-state index in [1.807, 2.05) is 30.3 Å². The molecule has 0 aliphatic rings. The largest absolute Gasteiger partial charge is 0.507 e. The van der Waals surface area contributed by atoms with Crippen molar-refractivity contribution in [1.29, 1.82) is 0 Å². The number of aromatic hydroxyl groups is 1. The molecular formula is C14H13F2NO. The molecule has 0 aliphatic heterocycles. The summed E-state index contributed by atoms with van der Waals surface area (Å²) < 4.78 is 25.4. The molecule has 0 aliphatic carbocycles. The van der Waals surface area contributed by atoms with Crippen LogP contribution in [0.1, 0.15) is 12.0 Å². The lowest BCUT2D eigenvalue weighted by Gasteiger charge is -2.20. The Kier molecular flexibility index (Phi) is 3.46. The minimum absolute atomic E-state index is 0.352. The van der Waals surface area contributed by atoms with Crippen molar-refractivity contribution in [2.75, 3.05) is 11.9 Å². The molecule has 94 valence electrons. The van der Waals surface area contributed by atoms with Gasteiger partial charge in [-0.15, -0.1) is 0 Å². The molecule has 2 rings (SSSR count). The second-order valence-corrected chi connectivity index (χ2v) is 3.94. The number of anilines is 2. The zero-order valence-electron chi connectivity index (χ0n) is 9.85. The molecule has 0 saturated carbocycles. The summed E-state index contributed by atoms with van der Waals surface area (Å²) in [5.74, 6) is -0.379. The number of alkyl halides is 2. The van der Waals surface area contributed by atoms with Gasteiger partial charge in [0.2, 0.25) is 0 Å². The van der Waals surface area contributed by atoms with Crippen LogP contribution in [0.4, 0.5) is 20.2 Å². The summed E-state index contributed by atoms with van der Waals surface area (Å²) in [6.07, 6.45) is -2.69. The van der Waals surface area contributed by atoms with Crippen molar-refractivity contribution in [3.8, 4) is 5.75 Å². The van der Waals surface area contributed by atoms with Crippen LogP contribution in [0.5, 0.6) is 5.75 Å². The fourth-order valence-electron chi connectivity index (χ4n) is 1.73. The van der Waals surface area contributed by atoms with Gasteiger partial charge in [-0.05, 0) is 30.3 Å². The van der Waals surface area contributed by atoms with Crippen molar-refractivity contribution in [3.63, 3.8) is 0 Å². The molecule has 1 N–H and O–H groups in total. The van der Waals surface area contributed by atoms with Gasteiger partial charge in [0.15, 0.2) is 0 Å². The van der Waals surface area contributed by atoms with E-state index in [9.17, 15) is 13.9 Å². The van der Waals surface area contributed by atoms with Crippen LogP contribution in [0.3, 0.4) is 0 Å². The van der Waals surface area contributed by atoms with Crippen LogP contribution < -0.4 is 4.90 Å². The number of halogens is 2. The molecule has 0 fully saturated rings. The molecule has 0 amide bonds. The van der Waals surface area contributed by atoms with Crippen LogP contribution in [0.25, 0.3) is 0 Å². The number of hydrogen-bond donors (Lipinski definition) is 1. The van der Waals surface area contributed by atoms with Gasteiger partial charge >= 0.3 is 0 Å². The molecular weight excluding hydrogens is 236 g/mol. The maximum atomic E-state index is 12.7. The van der Waals surface area contributed by atoms with Gasteiger partial charge in [0.05, 0.1) is 5.56 Å². The lowest BCUT2D eigenvalue weighted by Crippen LogP contribution is -2.09. The second kappa shape index (κ2) is 5.04.